The van der Waals surface area contributed by atoms with Crippen molar-refractivity contribution < 1.29 is 23.9 Å². The molecule has 14 nitrogen and oxygen atoms in total. The summed E-state index contributed by atoms with van der Waals surface area (Å²) < 4.78 is 12.7. The summed E-state index contributed by atoms with van der Waals surface area (Å²) >= 11 is 0. The summed E-state index contributed by atoms with van der Waals surface area (Å²) in [4.78, 5) is 55.2. The Bertz CT molecular complexity index is 1960. The van der Waals surface area contributed by atoms with Gasteiger partial charge in [-0.3, -0.25) is 24.4 Å². The van der Waals surface area contributed by atoms with Crippen molar-refractivity contribution in [2.75, 3.05) is 5.73 Å². The summed E-state index contributed by atoms with van der Waals surface area (Å²) in [6.07, 6.45) is 14.1. The molecule has 0 bridgehead atoms. The highest BCUT2D eigenvalue weighted by Crippen LogP contribution is 2.26. The van der Waals surface area contributed by atoms with E-state index < -0.39 is 29.9 Å². The van der Waals surface area contributed by atoms with E-state index in [4.69, 9.17) is 15.2 Å². The second-order valence-electron chi connectivity index (χ2n) is 12.8. The van der Waals surface area contributed by atoms with Crippen molar-refractivity contribution in [3.8, 4) is 0 Å². The average molecular weight is 695 g/mol. The van der Waals surface area contributed by atoms with Gasteiger partial charge < -0.3 is 20.5 Å². The van der Waals surface area contributed by atoms with Crippen molar-refractivity contribution in [2.24, 2.45) is 0 Å². The fourth-order valence-electron chi connectivity index (χ4n) is 6.51. The van der Waals surface area contributed by atoms with E-state index in [0.29, 0.717) is 22.2 Å². The van der Waals surface area contributed by atoms with Crippen LogP contribution >= 0.6 is 0 Å². The first kappa shape index (κ1) is 35.1. The Hall–Kier alpha value is -5.79. The Kier molecular flexibility index (Phi) is 11.5. The van der Waals surface area contributed by atoms with Gasteiger partial charge in [-0.1, -0.05) is 73.5 Å². The van der Waals surface area contributed by atoms with Crippen molar-refractivity contribution in [3.63, 3.8) is 0 Å². The van der Waals surface area contributed by atoms with Gasteiger partial charge >= 0.3 is 11.9 Å². The number of fused-ring (bicyclic) bond motifs is 1. The quantitative estimate of drug-likeness (QED) is 0.154. The highest BCUT2D eigenvalue weighted by atomic mass is 16.5. The van der Waals surface area contributed by atoms with Crippen LogP contribution in [0.4, 0.5) is 5.82 Å². The van der Waals surface area contributed by atoms with E-state index in [0.717, 1.165) is 51.4 Å². The van der Waals surface area contributed by atoms with Gasteiger partial charge in [0.1, 0.15) is 35.3 Å². The van der Waals surface area contributed by atoms with Crippen LogP contribution in [0.5, 0.6) is 0 Å². The molecule has 2 atom stereocenters. The minimum Gasteiger partial charge on any atom is -0.461 e. The number of rotatable bonds is 9. The molecule has 2 fully saturated rings. The maximum absolute atomic E-state index is 13.0. The number of H-pyrrole nitrogens is 2. The molecule has 3 aromatic heterocycles. The van der Waals surface area contributed by atoms with Gasteiger partial charge in [-0.25, -0.2) is 14.6 Å². The van der Waals surface area contributed by atoms with Crippen molar-refractivity contribution in [2.45, 2.75) is 88.5 Å². The van der Waals surface area contributed by atoms with Gasteiger partial charge in [0, 0.05) is 0 Å². The molecular formula is C37H42N8O6. The number of amides is 1. The number of esters is 2. The van der Waals surface area contributed by atoms with E-state index in [9.17, 15) is 19.2 Å². The monoisotopic (exact) mass is 694 g/mol. The molecule has 7 rings (SSSR count). The normalized spacial score (nSPS) is 16.3. The zero-order valence-electron chi connectivity index (χ0n) is 28.2. The molecule has 14 heteroatoms. The van der Waals surface area contributed by atoms with E-state index in [-0.39, 0.29) is 29.1 Å². The van der Waals surface area contributed by atoms with Crippen LogP contribution in [-0.2, 0) is 19.1 Å². The molecule has 2 aliphatic carbocycles. The van der Waals surface area contributed by atoms with Crippen molar-refractivity contribution in [3.05, 3.63) is 106 Å². The standard InChI is InChI=1S/C19H20N4O3.C18H22N4O3/c24-18-15-11-21-22-17(15)20-12-23(18)16(13-7-3-1-4-8-13)19(25)26-14-9-5-2-6-10-14;19-16-14(11-20-22-16)17(23)21-15(12-7-3-1-4-8-12)18(24)25-13-9-5-2-6-10-13/h1,3-4,7-8,11-12,14,16H,2,5-6,9-10H2,(H,21,22);1,3-4,7-8,11,13,15H,2,5-6,9-10H2,(H,21,23)(H3,19,20,22). The first-order chi connectivity index (χ1) is 24.9. The third kappa shape index (κ3) is 8.69. The van der Waals surface area contributed by atoms with Gasteiger partial charge in [0.15, 0.2) is 17.7 Å². The molecule has 2 saturated carbocycles. The van der Waals surface area contributed by atoms with Gasteiger partial charge in [-0.05, 0) is 62.5 Å². The summed E-state index contributed by atoms with van der Waals surface area (Å²) in [5.41, 5.74) is 7.33. The van der Waals surface area contributed by atoms with Crippen LogP contribution in [0.3, 0.4) is 0 Å². The number of nitrogens with zero attached hydrogens (tertiary/aromatic N) is 4. The van der Waals surface area contributed by atoms with Crippen LogP contribution in [0.2, 0.25) is 0 Å². The number of carbonyl (C=O) groups is 3. The van der Waals surface area contributed by atoms with Crippen LogP contribution in [0.1, 0.15) is 97.8 Å². The molecule has 51 heavy (non-hydrogen) atoms. The summed E-state index contributed by atoms with van der Waals surface area (Å²) in [7, 11) is 0. The number of nitrogens with two attached hydrogens (primary N) is 1. The molecular weight excluding hydrogens is 652 g/mol. The first-order valence-electron chi connectivity index (χ1n) is 17.4. The Labute approximate surface area is 294 Å². The fraction of sp³-hybridized carbons (Fsp3) is 0.378. The summed E-state index contributed by atoms with van der Waals surface area (Å²) in [5, 5.41) is 15.8. The molecule has 2 unspecified atom stereocenters. The molecule has 0 spiro atoms. The highest BCUT2D eigenvalue weighted by Gasteiger charge is 2.30. The van der Waals surface area contributed by atoms with Crippen molar-refractivity contribution in [1.82, 2.24) is 35.3 Å². The van der Waals surface area contributed by atoms with Crippen LogP contribution in [-0.4, -0.2) is 60.0 Å². The van der Waals surface area contributed by atoms with Crippen LogP contribution in [0.15, 0.2) is 84.2 Å². The van der Waals surface area contributed by atoms with E-state index in [1.54, 1.807) is 12.1 Å². The van der Waals surface area contributed by atoms with Gasteiger partial charge in [0.25, 0.3) is 11.5 Å². The number of nitrogen functional groups attached to an aromatic ring is 1. The molecule has 2 aliphatic rings. The molecule has 5 N–H and O–H groups in total. The molecule has 266 valence electrons. The predicted molar refractivity (Wildman–Crippen MR) is 188 cm³/mol. The molecule has 3 heterocycles. The number of hydrogen-bond donors (Lipinski definition) is 4. The minimum atomic E-state index is -0.884. The lowest BCUT2D eigenvalue weighted by atomic mass is 9.97. The van der Waals surface area contributed by atoms with Crippen molar-refractivity contribution in [1.29, 1.82) is 0 Å². The van der Waals surface area contributed by atoms with E-state index in [1.165, 1.54) is 36.1 Å². The molecule has 1 amide bonds. The maximum Gasteiger partial charge on any atom is 0.334 e. The first-order valence-corrected chi connectivity index (χ1v) is 17.4. The Morgan fingerprint density at radius 1 is 0.765 bits per heavy atom. The van der Waals surface area contributed by atoms with E-state index in [1.807, 2.05) is 48.5 Å². The number of nitrogens with one attached hydrogen (secondary N) is 3. The molecule has 0 aliphatic heterocycles. The second kappa shape index (κ2) is 16.7. The number of anilines is 1. The van der Waals surface area contributed by atoms with Crippen LogP contribution in [0.25, 0.3) is 11.0 Å². The van der Waals surface area contributed by atoms with Gasteiger partial charge in [-0.15, -0.1) is 0 Å². The Balaban J connectivity index is 0.000000176. The smallest absolute Gasteiger partial charge is 0.334 e. The number of carbonyl (C=O) groups excluding carboxylic acids is 3. The second-order valence-corrected chi connectivity index (χ2v) is 12.8. The third-order valence-corrected chi connectivity index (χ3v) is 9.24. The predicted octanol–water partition coefficient (Wildman–Crippen LogP) is 4.92. The average Bonchev–Trinajstić information content (AvgIpc) is 3.83. The van der Waals surface area contributed by atoms with Gasteiger partial charge in [0.05, 0.1) is 12.4 Å². The number of aromatic nitrogens is 6. The van der Waals surface area contributed by atoms with Gasteiger partial charge in [-0.2, -0.15) is 10.2 Å². The van der Waals surface area contributed by atoms with Crippen molar-refractivity contribution >= 4 is 34.7 Å². The lowest BCUT2D eigenvalue weighted by molar-refractivity contribution is -0.154. The topological polar surface area (TPSA) is 200 Å². The van der Waals surface area contributed by atoms with Gasteiger partial charge in [0.2, 0.25) is 0 Å². The molecule has 2 aromatic carbocycles. The summed E-state index contributed by atoms with van der Waals surface area (Å²) in [6, 6.07) is 16.5. The minimum absolute atomic E-state index is 0.0798. The maximum atomic E-state index is 13.0. The van der Waals surface area contributed by atoms with E-state index in [2.05, 4.69) is 30.7 Å². The molecule has 0 saturated heterocycles. The highest BCUT2D eigenvalue weighted by molar-refractivity contribution is 6.00. The molecule has 0 radical (unpaired) electrons. The number of benzene rings is 2. The summed E-state index contributed by atoms with van der Waals surface area (Å²) in [6.45, 7) is 0. The van der Waals surface area contributed by atoms with E-state index >= 15 is 0 Å². The van der Waals surface area contributed by atoms with Crippen LogP contribution < -0.4 is 16.6 Å². The lowest BCUT2D eigenvalue weighted by Crippen LogP contribution is -2.37. The SMILES string of the molecule is Nc1[nH]ncc1C(=O)NC(C(=O)OC1CCCCC1)c1ccccc1.O=C(OC1CCCCC1)C(c1ccccc1)n1cnc2[nH]ncc2c1=O. The number of hydrogen-bond acceptors (Lipinski definition) is 10. The summed E-state index contributed by atoms with van der Waals surface area (Å²) in [5.74, 6) is -1.19. The molecule has 5 aromatic rings. The van der Waals surface area contributed by atoms with Crippen LogP contribution in [0, 0.1) is 0 Å². The number of aromatic amines is 2. The Morgan fingerprint density at radius 3 is 1.92 bits per heavy atom. The largest absolute Gasteiger partial charge is 0.461 e. The Morgan fingerprint density at radius 2 is 1.33 bits per heavy atom. The lowest BCUT2D eigenvalue weighted by Gasteiger charge is -2.25. The zero-order chi connectivity index (χ0) is 35.6. The third-order valence-electron chi connectivity index (χ3n) is 9.24. The fourth-order valence-corrected chi connectivity index (χ4v) is 6.51. The number of ether oxygens (including phenoxy) is 2. The zero-order valence-corrected chi connectivity index (χ0v) is 28.2.